The minimum atomic E-state index is -0.525. The van der Waals surface area contributed by atoms with E-state index in [1.807, 2.05) is 36.0 Å². The normalized spacial score (nSPS) is 12.3. The predicted molar refractivity (Wildman–Crippen MR) is 82.5 cm³/mol. The van der Waals surface area contributed by atoms with Crippen molar-refractivity contribution in [3.63, 3.8) is 0 Å². The Bertz CT molecular complexity index is 540. The quantitative estimate of drug-likeness (QED) is 0.724. The number of nitrogens with one attached hydrogen (secondary N) is 1. The van der Waals surface area contributed by atoms with Gasteiger partial charge in [-0.05, 0) is 31.5 Å². The van der Waals surface area contributed by atoms with Gasteiger partial charge in [0.15, 0.2) is 0 Å². The lowest BCUT2D eigenvalue weighted by Crippen LogP contribution is -2.33. The highest BCUT2D eigenvalue weighted by molar-refractivity contribution is 5.35. The summed E-state index contributed by atoms with van der Waals surface area (Å²) in [4.78, 5) is 0. The van der Waals surface area contributed by atoms with Gasteiger partial charge in [-0.3, -0.25) is 4.68 Å². The molecule has 2 rings (SSSR count). The zero-order valence-corrected chi connectivity index (χ0v) is 12.6. The summed E-state index contributed by atoms with van der Waals surface area (Å²) in [7, 11) is 0. The van der Waals surface area contributed by atoms with Crippen LogP contribution in [0, 0.1) is 13.8 Å². The number of aliphatic hydroxyl groups excluding tert-OH is 1. The highest BCUT2D eigenvalue weighted by atomic mass is 16.5. The molecule has 0 spiro atoms. The lowest BCUT2D eigenvalue weighted by Gasteiger charge is -2.15. The Morgan fingerprint density at radius 2 is 2.24 bits per heavy atom. The first-order valence-electron chi connectivity index (χ1n) is 7.21. The van der Waals surface area contributed by atoms with Gasteiger partial charge >= 0.3 is 0 Å². The summed E-state index contributed by atoms with van der Waals surface area (Å²) < 4.78 is 7.50. The fraction of sp³-hybridized carbons (Fsp3) is 0.438. The van der Waals surface area contributed by atoms with Crippen molar-refractivity contribution in [3.8, 4) is 5.75 Å². The molecule has 1 unspecified atom stereocenters. The maximum Gasteiger partial charge on any atom is 0.122 e. The number of hydrogen-bond donors (Lipinski definition) is 2. The molecule has 0 amide bonds. The van der Waals surface area contributed by atoms with Gasteiger partial charge in [0.1, 0.15) is 18.5 Å². The zero-order chi connectivity index (χ0) is 15.1. The second-order valence-corrected chi connectivity index (χ2v) is 5.21. The molecule has 0 aliphatic heterocycles. The van der Waals surface area contributed by atoms with Gasteiger partial charge in [-0.25, -0.2) is 0 Å². The van der Waals surface area contributed by atoms with Crippen LogP contribution < -0.4 is 10.1 Å². The van der Waals surface area contributed by atoms with Crippen LogP contribution in [0.15, 0.2) is 36.7 Å². The summed E-state index contributed by atoms with van der Waals surface area (Å²) in [5.74, 6) is 0.830. The SMILES string of the molecule is Cc1ccc(OCC(O)CNCCn2cccn2)c(C)c1. The highest BCUT2D eigenvalue weighted by Gasteiger charge is 2.06. The molecule has 1 atom stereocenters. The number of aryl methyl sites for hydroxylation is 2. The van der Waals surface area contributed by atoms with Crippen molar-refractivity contribution in [1.82, 2.24) is 15.1 Å². The number of nitrogens with zero attached hydrogens (tertiary/aromatic N) is 2. The Balaban J connectivity index is 1.64. The van der Waals surface area contributed by atoms with Crippen molar-refractivity contribution >= 4 is 0 Å². The van der Waals surface area contributed by atoms with E-state index in [1.165, 1.54) is 5.56 Å². The fourth-order valence-electron chi connectivity index (χ4n) is 2.10. The molecular formula is C16H23N3O2. The van der Waals surface area contributed by atoms with E-state index in [-0.39, 0.29) is 0 Å². The van der Waals surface area contributed by atoms with Crippen LogP contribution in [0.1, 0.15) is 11.1 Å². The Hall–Kier alpha value is -1.85. The topological polar surface area (TPSA) is 59.3 Å². The maximum absolute atomic E-state index is 9.90. The number of aliphatic hydroxyl groups is 1. The van der Waals surface area contributed by atoms with Crippen LogP contribution in [0.3, 0.4) is 0 Å². The molecule has 2 N–H and O–H groups in total. The first-order valence-corrected chi connectivity index (χ1v) is 7.21. The van der Waals surface area contributed by atoms with E-state index in [0.717, 1.165) is 24.4 Å². The Labute approximate surface area is 125 Å². The van der Waals surface area contributed by atoms with Crippen molar-refractivity contribution in [2.24, 2.45) is 0 Å². The molecule has 114 valence electrons. The van der Waals surface area contributed by atoms with E-state index >= 15 is 0 Å². The Kier molecular flexibility index (Phi) is 5.78. The van der Waals surface area contributed by atoms with Gasteiger partial charge in [0.2, 0.25) is 0 Å². The summed E-state index contributed by atoms with van der Waals surface area (Å²) >= 11 is 0. The lowest BCUT2D eigenvalue weighted by atomic mass is 10.1. The maximum atomic E-state index is 9.90. The fourth-order valence-corrected chi connectivity index (χ4v) is 2.10. The predicted octanol–water partition coefficient (Wildman–Crippen LogP) is 1.53. The number of benzene rings is 1. The van der Waals surface area contributed by atoms with E-state index in [9.17, 15) is 5.11 Å². The van der Waals surface area contributed by atoms with Gasteiger partial charge < -0.3 is 15.2 Å². The Morgan fingerprint density at radius 3 is 2.95 bits per heavy atom. The molecule has 5 heteroatoms. The molecule has 1 heterocycles. The van der Waals surface area contributed by atoms with Crippen LogP contribution in [0.4, 0.5) is 0 Å². The molecule has 0 fully saturated rings. The molecule has 0 bridgehead atoms. The first-order chi connectivity index (χ1) is 10.1. The van der Waals surface area contributed by atoms with E-state index in [0.29, 0.717) is 13.2 Å². The molecule has 0 aliphatic carbocycles. The minimum Gasteiger partial charge on any atom is -0.491 e. The van der Waals surface area contributed by atoms with Crippen LogP contribution in [0.25, 0.3) is 0 Å². The Morgan fingerprint density at radius 1 is 1.38 bits per heavy atom. The van der Waals surface area contributed by atoms with Crippen molar-refractivity contribution in [2.75, 3.05) is 19.7 Å². The third-order valence-electron chi connectivity index (χ3n) is 3.22. The van der Waals surface area contributed by atoms with Crippen LogP contribution in [0.5, 0.6) is 5.75 Å². The van der Waals surface area contributed by atoms with E-state index in [2.05, 4.69) is 23.4 Å². The van der Waals surface area contributed by atoms with Gasteiger partial charge in [0.25, 0.3) is 0 Å². The van der Waals surface area contributed by atoms with Crippen LogP contribution in [-0.4, -0.2) is 40.7 Å². The van der Waals surface area contributed by atoms with Crippen LogP contribution in [-0.2, 0) is 6.54 Å². The summed E-state index contributed by atoms with van der Waals surface area (Å²) in [5, 5.41) is 17.2. The molecular weight excluding hydrogens is 266 g/mol. The average Bonchev–Trinajstić information content (AvgIpc) is 2.96. The standard InChI is InChI=1S/C16H23N3O2/c1-13-4-5-16(14(2)10-13)21-12-15(20)11-17-7-9-19-8-3-6-18-19/h3-6,8,10,15,17,20H,7,9,11-12H2,1-2H3. The molecule has 1 aromatic carbocycles. The van der Waals surface area contributed by atoms with Crippen molar-refractivity contribution in [2.45, 2.75) is 26.5 Å². The van der Waals surface area contributed by atoms with E-state index < -0.39 is 6.10 Å². The second-order valence-electron chi connectivity index (χ2n) is 5.21. The average molecular weight is 289 g/mol. The molecule has 0 radical (unpaired) electrons. The zero-order valence-electron chi connectivity index (χ0n) is 12.6. The number of aromatic nitrogens is 2. The van der Waals surface area contributed by atoms with Crippen molar-refractivity contribution < 1.29 is 9.84 Å². The van der Waals surface area contributed by atoms with Gasteiger partial charge in [0.05, 0.1) is 6.54 Å². The number of hydrogen-bond acceptors (Lipinski definition) is 4. The summed E-state index contributed by atoms with van der Waals surface area (Å²) in [6.07, 6.45) is 3.15. The van der Waals surface area contributed by atoms with Gasteiger partial charge in [-0.15, -0.1) is 0 Å². The van der Waals surface area contributed by atoms with E-state index in [4.69, 9.17) is 4.74 Å². The molecule has 0 saturated heterocycles. The summed E-state index contributed by atoms with van der Waals surface area (Å²) in [5.41, 5.74) is 2.30. The largest absolute Gasteiger partial charge is 0.491 e. The minimum absolute atomic E-state index is 0.290. The molecule has 1 aromatic heterocycles. The molecule has 0 saturated carbocycles. The molecule has 2 aromatic rings. The van der Waals surface area contributed by atoms with E-state index in [1.54, 1.807) is 6.20 Å². The van der Waals surface area contributed by atoms with Gasteiger partial charge in [-0.2, -0.15) is 5.10 Å². The van der Waals surface area contributed by atoms with Crippen LogP contribution in [0.2, 0.25) is 0 Å². The number of rotatable bonds is 8. The molecule has 0 aliphatic rings. The van der Waals surface area contributed by atoms with Crippen LogP contribution >= 0.6 is 0 Å². The van der Waals surface area contributed by atoms with Crippen molar-refractivity contribution in [3.05, 3.63) is 47.8 Å². The molecule has 5 nitrogen and oxygen atoms in total. The third kappa shape index (κ3) is 5.21. The molecule has 21 heavy (non-hydrogen) atoms. The van der Waals surface area contributed by atoms with Crippen molar-refractivity contribution in [1.29, 1.82) is 0 Å². The summed E-state index contributed by atoms with van der Waals surface area (Å²) in [6.45, 7) is 6.41. The smallest absolute Gasteiger partial charge is 0.122 e. The van der Waals surface area contributed by atoms with Gasteiger partial charge in [-0.1, -0.05) is 17.7 Å². The number of ether oxygens (including phenoxy) is 1. The summed E-state index contributed by atoms with van der Waals surface area (Å²) in [6, 6.07) is 7.93. The monoisotopic (exact) mass is 289 g/mol. The highest BCUT2D eigenvalue weighted by Crippen LogP contribution is 2.18. The first kappa shape index (κ1) is 15.5. The third-order valence-corrected chi connectivity index (χ3v) is 3.22. The second kappa shape index (κ2) is 7.81. The lowest BCUT2D eigenvalue weighted by molar-refractivity contribution is 0.106. The van der Waals surface area contributed by atoms with Gasteiger partial charge in [0, 0.05) is 25.5 Å².